The molecule has 1 fully saturated rings. The van der Waals surface area contributed by atoms with Crippen LogP contribution in [0.1, 0.15) is 85.1 Å². The molecule has 0 bridgehead atoms. The first kappa shape index (κ1) is 30.7. The summed E-state index contributed by atoms with van der Waals surface area (Å²) in [5.74, 6) is 0.254. The molecule has 0 aliphatic heterocycles. The van der Waals surface area contributed by atoms with Crippen LogP contribution in [-0.4, -0.2) is 48.6 Å². The monoisotopic (exact) mass is 580 g/mol. The lowest BCUT2D eigenvalue weighted by Gasteiger charge is -2.28. The number of hydrogen-bond acceptors (Lipinski definition) is 8. The van der Waals surface area contributed by atoms with Gasteiger partial charge in [-0.1, -0.05) is 0 Å². The lowest BCUT2D eigenvalue weighted by atomic mass is 9.86. The van der Waals surface area contributed by atoms with Gasteiger partial charge in [0.2, 0.25) is 10.0 Å². The summed E-state index contributed by atoms with van der Waals surface area (Å²) in [5, 5.41) is 6.57. The van der Waals surface area contributed by atoms with Crippen LogP contribution in [0.2, 0.25) is 0 Å². The van der Waals surface area contributed by atoms with Gasteiger partial charge in [0, 0.05) is 29.4 Å². The minimum absolute atomic E-state index is 0.0766. The highest BCUT2D eigenvalue weighted by Crippen LogP contribution is 2.41. The Morgan fingerprint density at radius 3 is 2.21 bits per heavy atom. The van der Waals surface area contributed by atoms with Crippen molar-refractivity contribution in [3.8, 4) is 10.4 Å². The largest absolute Gasteiger partial charge is 0.447 e. The molecular formula is C27H40N4O6S2. The summed E-state index contributed by atoms with van der Waals surface area (Å²) in [6, 6.07) is 5.14. The van der Waals surface area contributed by atoms with Crippen LogP contribution in [0.4, 0.5) is 21.0 Å². The van der Waals surface area contributed by atoms with Gasteiger partial charge in [0.1, 0.15) is 0 Å². The third kappa shape index (κ3) is 8.56. The molecule has 1 saturated carbocycles. The van der Waals surface area contributed by atoms with Gasteiger partial charge in [-0.25, -0.2) is 23.0 Å². The Labute approximate surface area is 235 Å². The lowest BCUT2D eigenvalue weighted by molar-refractivity contribution is 0.109. The minimum atomic E-state index is -3.74. The van der Waals surface area contributed by atoms with Crippen LogP contribution in [0.3, 0.4) is 0 Å². The highest BCUT2D eigenvalue weighted by atomic mass is 32.2. The van der Waals surface area contributed by atoms with Gasteiger partial charge in [-0.05, 0) is 92.3 Å². The van der Waals surface area contributed by atoms with Gasteiger partial charge >= 0.3 is 12.2 Å². The van der Waals surface area contributed by atoms with E-state index in [0.717, 1.165) is 35.6 Å². The Morgan fingerprint density at radius 2 is 1.62 bits per heavy atom. The van der Waals surface area contributed by atoms with Gasteiger partial charge in [0.15, 0.2) is 0 Å². The first-order valence-electron chi connectivity index (χ1n) is 13.2. The molecule has 0 atom stereocenters. The van der Waals surface area contributed by atoms with E-state index in [2.05, 4.69) is 20.3 Å². The van der Waals surface area contributed by atoms with Crippen LogP contribution in [-0.2, 0) is 19.5 Å². The zero-order chi connectivity index (χ0) is 29.0. The van der Waals surface area contributed by atoms with Crippen molar-refractivity contribution in [1.82, 2.24) is 10.3 Å². The number of thiazole rings is 1. The number of nitrogens with one attached hydrogen (secondary N) is 3. The maximum Gasteiger partial charge on any atom is 0.411 e. The Hall–Kier alpha value is -2.86. The van der Waals surface area contributed by atoms with Gasteiger partial charge in [-0.2, -0.15) is 0 Å². The summed E-state index contributed by atoms with van der Waals surface area (Å²) in [5.41, 5.74) is 1.42. The van der Waals surface area contributed by atoms with Crippen LogP contribution < -0.4 is 15.4 Å². The summed E-state index contributed by atoms with van der Waals surface area (Å²) >= 11 is 1.52. The normalized spacial score (nSPS) is 18.1. The minimum Gasteiger partial charge on any atom is -0.447 e. The van der Waals surface area contributed by atoms with Gasteiger partial charge in [0.05, 0.1) is 32.5 Å². The van der Waals surface area contributed by atoms with Crippen molar-refractivity contribution >= 4 is 44.9 Å². The number of rotatable bonds is 8. The molecule has 39 heavy (non-hydrogen) atoms. The fourth-order valence-electron chi connectivity index (χ4n) is 4.08. The summed E-state index contributed by atoms with van der Waals surface area (Å²) in [4.78, 5) is 29.5. The summed E-state index contributed by atoms with van der Waals surface area (Å²) in [6.07, 6.45) is 3.72. The second-order valence-corrected chi connectivity index (χ2v) is 14.8. The maximum atomic E-state index is 13.0. The number of alkyl carbamates (subject to hydrolysis) is 1. The highest BCUT2D eigenvalue weighted by Gasteiger charge is 2.31. The molecule has 3 rings (SSSR count). The molecule has 10 nitrogen and oxygen atoms in total. The van der Waals surface area contributed by atoms with Crippen molar-refractivity contribution in [2.75, 3.05) is 10.0 Å². The molecule has 2 amide bonds. The van der Waals surface area contributed by atoms with E-state index in [1.807, 2.05) is 13.8 Å². The number of ether oxygens (including phenoxy) is 2. The molecule has 216 valence electrons. The fraction of sp³-hybridized carbons (Fsp3) is 0.593. The van der Waals surface area contributed by atoms with Crippen molar-refractivity contribution in [2.45, 2.75) is 103 Å². The molecule has 0 saturated heterocycles. The average Bonchev–Trinajstić information content (AvgIpc) is 3.27. The van der Waals surface area contributed by atoms with Crippen molar-refractivity contribution in [3.05, 3.63) is 29.4 Å². The number of sulfonamides is 1. The van der Waals surface area contributed by atoms with Crippen LogP contribution >= 0.6 is 11.3 Å². The number of benzene rings is 1. The van der Waals surface area contributed by atoms with Crippen LogP contribution in [0.25, 0.3) is 10.4 Å². The van der Waals surface area contributed by atoms with Crippen molar-refractivity contribution in [1.29, 1.82) is 0 Å². The summed E-state index contributed by atoms with van der Waals surface area (Å²) in [7, 11) is -3.74. The molecule has 1 aliphatic rings. The third-order valence-electron chi connectivity index (χ3n) is 6.19. The number of amides is 2. The number of nitrogens with zero attached hydrogens (tertiary/aromatic N) is 1. The summed E-state index contributed by atoms with van der Waals surface area (Å²) < 4.78 is 38.1. The smallest absolute Gasteiger partial charge is 0.411 e. The Kier molecular flexibility index (Phi) is 9.87. The second-order valence-electron chi connectivity index (χ2n) is 11.3. The van der Waals surface area contributed by atoms with Gasteiger partial charge in [-0.3, -0.25) is 10.0 Å². The van der Waals surface area contributed by atoms with Crippen LogP contribution in [0.5, 0.6) is 0 Å². The topological polar surface area (TPSA) is 136 Å². The summed E-state index contributed by atoms with van der Waals surface area (Å²) in [6.45, 7) is 12.0. The predicted octanol–water partition coefficient (Wildman–Crippen LogP) is 6.47. The van der Waals surface area contributed by atoms with E-state index in [4.69, 9.17) is 9.47 Å². The Morgan fingerprint density at radius 1 is 1.00 bits per heavy atom. The van der Waals surface area contributed by atoms with E-state index < -0.39 is 20.9 Å². The quantitative estimate of drug-likeness (QED) is 0.326. The van der Waals surface area contributed by atoms with Gasteiger partial charge in [-0.15, -0.1) is 11.3 Å². The van der Waals surface area contributed by atoms with E-state index in [1.165, 1.54) is 11.3 Å². The number of anilines is 2. The zero-order valence-electron chi connectivity index (χ0n) is 23.7. The molecule has 0 unspecified atom stereocenters. The molecule has 2 aromatic rings. The van der Waals surface area contributed by atoms with E-state index in [0.29, 0.717) is 16.9 Å². The molecule has 12 heteroatoms. The van der Waals surface area contributed by atoms with Gasteiger partial charge < -0.3 is 14.8 Å². The lowest BCUT2D eigenvalue weighted by Crippen LogP contribution is -2.38. The van der Waals surface area contributed by atoms with E-state index in [1.54, 1.807) is 59.0 Å². The molecule has 0 spiro atoms. The van der Waals surface area contributed by atoms with Crippen LogP contribution in [0.15, 0.2) is 24.4 Å². The maximum absolute atomic E-state index is 13.0. The molecule has 1 aromatic heterocycles. The molecule has 1 aromatic carbocycles. The standard InChI is InChI=1S/C27H40N4O6S2/c1-16(2)36-25(32)29-19-10-8-18(9-11-19)24-28-15-23(38-24)21-13-12-20(30-26(33)37-17(3)4)14-22(21)31-39(34,35)27(5,6)7/h12-19,31H,8-11H2,1-7H3,(H,29,32)(H,30,33)/t18-,19-. The van der Waals surface area contributed by atoms with Crippen molar-refractivity contribution in [2.24, 2.45) is 0 Å². The molecule has 3 N–H and O–H groups in total. The number of hydrogen-bond donors (Lipinski definition) is 3. The Bertz CT molecular complexity index is 1260. The van der Waals surface area contributed by atoms with E-state index >= 15 is 0 Å². The molecular weight excluding hydrogens is 540 g/mol. The predicted molar refractivity (Wildman–Crippen MR) is 155 cm³/mol. The van der Waals surface area contributed by atoms with Crippen LogP contribution in [0, 0.1) is 0 Å². The first-order chi connectivity index (χ1) is 18.1. The fourth-order valence-corrected chi connectivity index (χ4v) is 5.97. The van der Waals surface area contributed by atoms with E-state index in [9.17, 15) is 18.0 Å². The van der Waals surface area contributed by atoms with E-state index in [-0.39, 0.29) is 30.3 Å². The molecule has 1 heterocycles. The number of carbonyl (C=O) groups excluding carboxylic acids is 2. The average molecular weight is 581 g/mol. The number of carbonyl (C=O) groups is 2. The zero-order valence-corrected chi connectivity index (χ0v) is 25.3. The Balaban J connectivity index is 1.80. The highest BCUT2D eigenvalue weighted by molar-refractivity contribution is 7.94. The number of aromatic nitrogens is 1. The molecule has 1 aliphatic carbocycles. The first-order valence-corrected chi connectivity index (χ1v) is 15.5. The SMILES string of the molecule is CC(C)OC(=O)Nc1ccc(-c2cnc([C@H]3CC[C@H](NC(=O)OC(C)C)CC3)s2)c(NS(=O)(=O)C(C)(C)C)c1. The second kappa shape index (κ2) is 12.5. The van der Waals surface area contributed by atoms with Gasteiger partial charge in [0.25, 0.3) is 0 Å². The molecule has 0 radical (unpaired) electrons. The van der Waals surface area contributed by atoms with Crippen molar-refractivity contribution < 1.29 is 27.5 Å². The van der Waals surface area contributed by atoms with Crippen molar-refractivity contribution in [3.63, 3.8) is 0 Å². The third-order valence-corrected chi connectivity index (χ3v) is 9.48.